The van der Waals surface area contributed by atoms with Crippen molar-refractivity contribution in [2.45, 2.75) is 37.5 Å². The van der Waals surface area contributed by atoms with Gasteiger partial charge in [-0.05, 0) is 43.7 Å². The molecule has 0 spiro atoms. The predicted octanol–water partition coefficient (Wildman–Crippen LogP) is 3.81. The molecular formula is C15H22ClNO2S. The lowest BCUT2D eigenvalue weighted by molar-refractivity contribution is -0.145. The minimum atomic E-state index is -0.787. The van der Waals surface area contributed by atoms with Crippen LogP contribution in [0, 0.1) is 0 Å². The van der Waals surface area contributed by atoms with E-state index in [1.54, 1.807) is 18.8 Å². The summed E-state index contributed by atoms with van der Waals surface area (Å²) in [6, 6.07) is 7.82. The maximum Gasteiger partial charge on any atom is 0.323 e. The van der Waals surface area contributed by atoms with Gasteiger partial charge >= 0.3 is 5.97 Å². The summed E-state index contributed by atoms with van der Waals surface area (Å²) in [5.41, 5.74) is 0.345. The summed E-state index contributed by atoms with van der Waals surface area (Å²) in [5.74, 6) is 1.03. The van der Waals surface area contributed by atoms with E-state index in [1.807, 2.05) is 31.2 Å². The fourth-order valence-corrected chi connectivity index (χ4v) is 3.36. The number of thioether (sulfide) groups is 1. The number of nitrogens with one attached hydrogen (secondary N) is 1. The Balaban J connectivity index is 2.35. The highest BCUT2D eigenvalue weighted by Crippen LogP contribution is 2.23. The summed E-state index contributed by atoms with van der Waals surface area (Å²) >= 11 is 7.88. The standard InChI is InChI=1S/C15H22ClNO2S/c1-3-15(17-2,14(18)19)9-6-10-20-11-12-7-4-5-8-13(12)16/h4-5,7-8,17H,3,6,9-11H2,1-2H3,(H,18,19). The number of carbonyl (C=O) groups is 1. The lowest BCUT2D eigenvalue weighted by Gasteiger charge is -2.27. The van der Waals surface area contributed by atoms with E-state index in [4.69, 9.17) is 11.6 Å². The van der Waals surface area contributed by atoms with Crippen molar-refractivity contribution in [3.63, 3.8) is 0 Å². The number of carboxylic acids is 1. The van der Waals surface area contributed by atoms with Gasteiger partial charge in [-0.2, -0.15) is 11.8 Å². The number of likely N-dealkylation sites (N-methyl/N-ethyl adjacent to an activating group) is 1. The van der Waals surface area contributed by atoms with Crippen LogP contribution in [-0.2, 0) is 10.5 Å². The Labute approximate surface area is 130 Å². The van der Waals surface area contributed by atoms with Crippen molar-refractivity contribution < 1.29 is 9.90 Å². The van der Waals surface area contributed by atoms with E-state index in [-0.39, 0.29) is 0 Å². The van der Waals surface area contributed by atoms with Crippen LogP contribution in [0.15, 0.2) is 24.3 Å². The van der Waals surface area contributed by atoms with Crippen molar-refractivity contribution in [1.82, 2.24) is 5.32 Å². The molecule has 0 fully saturated rings. The van der Waals surface area contributed by atoms with Crippen molar-refractivity contribution in [2.24, 2.45) is 0 Å². The quantitative estimate of drug-likeness (QED) is 0.680. The Hall–Kier alpha value is -0.710. The first-order valence-electron chi connectivity index (χ1n) is 6.79. The van der Waals surface area contributed by atoms with Crippen molar-refractivity contribution in [3.05, 3.63) is 34.9 Å². The predicted molar refractivity (Wildman–Crippen MR) is 86.6 cm³/mol. The van der Waals surface area contributed by atoms with Gasteiger partial charge in [-0.3, -0.25) is 4.79 Å². The van der Waals surface area contributed by atoms with Gasteiger partial charge in [0, 0.05) is 10.8 Å². The molecule has 0 saturated heterocycles. The van der Waals surface area contributed by atoms with Gasteiger partial charge in [-0.15, -0.1) is 0 Å². The molecule has 112 valence electrons. The Bertz CT molecular complexity index is 436. The summed E-state index contributed by atoms with van der Waals surface area (Å²) < 4.78 is 0. The minimum Gasteiger partial charge on any atom is -0.480 e. The lowest BCUT2D eigenvalue weighted by atomic mass is 9.91. The third-order valence-corrected chi connectivity index (χ3v) is 5.06. The van der Waals surface area contributed by atoms with Crippen LogP contribution >= 0.6 is 23.4 Å². The fourth-order valence-electron chi connectivity index (χ4n) is 2.12. The highest BCUT2D eigenvalue weighted by atomic mass is 35.5. The van der Waals surface area contributed by atoms with Crippen LogP contribution in [0.2, 0.25) is 5.02 Å². The number of aliphatic carboxylic acids is 1. The number of halogens is 1. The lowest BCUT2D eigenvalue weighted by Crippen LogP contribution is -2.49. The molecule has 0 bridgehead atoms. The van der Waals surface area contributed by atoms with Crippen LogP contribution in [0.25, 0.3) is 0 Å². The normalized spacial score (nSPS) is 13.9. The second-order valence-corrected chi connectivity index (χ2v) is 6.25. The highest BCUT2D eigenvalue weighted by Gasteiger charge is 2.33. The van der Waals surface area contributed by atoms with E-state index in [1.165, 1.54) is 0 Å². The van der Waals surface area contributed by atoms with Crippen molar-refractivity contribution in [2.75, 3.05) is 12.8 Å². The summed E-state index contributed by atoms with van der Waals surface area (Å²) in [6.45, 7) is 1.90. The number of rotatable bonds is 9. The molecule has 1 aromatic rings. The third-order valence-electron chi connectivity index (χ3n) is 3.60. The van der Waals surface area contributed by atoms with Crippen LogP contribution in [0.5, 0.6) is 0 Å². The number of carboxylic acid groups (broad SMARTS) is 1. The number of benzene rings is 1. The molecule has 3 nitrogen and oxygen atoms in total. The van der Waals surface area contributed by atoms with E-state index in [9.17, 15) is 9.90 Å². The van der Waals surface area contributed by atoms with Crippen LogP contribution in [0.3, 0.4) is 0 Å². The molecule has 0 aliphatic rings. The second kappa shape index (κ2) is 8.55. The van der Waals surface area contributed by atoms with Gasteiger partial charge in [0.05, 0.1) is 0 Å². The smallest absolute Gasteiger partial charge is 0.323 e. The zero-order valence-electron chi connectivity index (χ0n) is 12.0. The number of hydrogen-bond acceptors (Lipinski definition) is 3. The van der Waals surface area contributed by atoms with E-state index < -0.39 is 11.5 Å². The molecule has 0 aliphatic carbocycles. The topological polar surface area (TPSA) is 49.3 Å². The maximum atomic E-state index is 11.3. The maximum absolute atomic E-state index is 11.3. The summed E-state index contributed by atoms with van der Waals surface area (Å²) in [6.07, 6.45) is 2.11. The van der Waals surface area contributed by atoms with Gasteiger partial charge < -0.3 is 10.4 Å². The number of hydrogen-bond donors (Lipinski definition) is 2. The zero-order chi connectivity index (χ0) is 15.0. The summed E-state index contributed by atoms with van der Waals surface area (Å²) in [5, 5.41) is 13.1. The molecule has 0 amide bonds. The highest BCUT2D eigenvalue weighted by molar-refractivity contribution is 7.98. The largest absolute Gasteiger partial charge is 0.480 e. The molecule has 1 unspecified atom stereocenters. The molecule has 0 aliphatic heterocycles. The average molecular weight is 316 g/mol. The Morgan fingerprint density at radius 1 is 1.45 bits per heavy atom. The van der Waals surface area contributed by atoms with Crippen molar-refractivity contribution in [1.29, 1.82) is 0 Å². The molecule has 1 aromatic carbocycles. The molecular weight excluding hydrogens is 294 g/mol. The van der Waals surface area contributed by atoms with Crippen molar-refractivity contribution in [3.8, 4) is 0 Å². The average Bonchev–Trinajstić information content (AvgIpc) is 2.45. The van der Waals surface area contributed by atoms with Gasteiger partial charge in [-0.25, -0.2) is 0 Å². The molecule has 20 heavy (non-hydrogen) atoms. The minimum absolute atomic E-state index is 0.591. The summed E-state index contributed by atoms with van der Waals surface area (Å²) in [7, 11) is 1.72. The van der Waals surface area contributed by atoms with Gasteiger partial charge in [0.25, 0.3) is 0 Å². The molecule has 0 aromatic heterocycles. The first-order chi connectivity index (χ1) is 9.55. The van der Waals surface area contributed by atoms with Gasteiger partial charge in [0.2, 0.25) is 0 Å². The van der Waals surface area contributed by atoms with Crippen LogP contribution in [0.4, 0.5) is 0 Å². The molecule has 1 rings (SSSR count). The second-order valence-electron chi connectivity index (χ2n) is 4.74. The molecule has 1 atom stereocenters. The molecule has 0 saturated carbocycles. The van der Waals surface area contributed by atoms with E-state index in [0.29, 0.717) is 12.8 Å². The van der Waals surface area contributed by atoms with Gasteiger partial charge in [0.1, 0.15) is 5.54 Å². The van der Waals surface area contributed by atoms with Crippen LogP contribution < -0.4 is 5.32 Å². The Morgan fingerprint density at radius 3 is 2.70 bits per heavy atom. The van der Waals surface area contributed by atoms with Crippen LogP contribution in [0.1, 0.15) is 31.7 Å². The first kappa shape index (κ1) is 17.3. The van der Waals surface area contributed by atoms with Gasteiger partial charge in [-0.1, -0.05) is 36.7 Å². The fraction of sp³-hybridized carbons (Fsp3) is 0.533. The Kier molecular flexibility index (Phi) is 7.41. The first-order valence-corrected chi connectivity index (χ1v) is 8.32. The summed E-state index contributed by atoms with van der Waals surface area (Å²) in [4.78, 5) is 11.3. The third kappa shape index (κ3) is 4.69. The van der Waals surface area contributed by atoms with E-state index in [0.717, 1.165) is 28.5 Å². The molecule has 5 heteroatoms. The van der Waals surface area contributed by atoms with Crippen molar-refractivity contribution >= 4 is 29.3 Å². The molecule has 0 radical (unpaired) electrons. The molecule has 0 heterocycles. The van der Waals surface area contributed by atoms with E-state index >= 15 is 0 Å². The zero-order valence-corrected chi connectivity index (χ0v) is 13.6. The SMILES string of the molecule is CCC(CCCSCc1ccccc1Cl)(NC)C(=O)O. The van der Waals surface area contributed by atoms with Gasteiger partial charge in [0.15, 0.2) is 0 Å². The monoisotopic (exact) mass is 315 g/mol. The molecule has 2 N–H and O–H groups in total. The van der Waals surface area contributed by atoms with Crippen LogP contribution in [-0.4, -0.2) is 29.4 Å². The Morgan fingerprint density at radius 2 is 2.15 bits per heavy atom. The van der Waals surface area contributed by atoms with E-state index in [2.05, 4.69) is 5.32 Å².